The molecule has 0 saturated carbocycles. The second-order valence-corrected chi connectivity index (χ2v) is 3.48. The van der Waals surface area contributed by atoms with Crippen molar-refractivity contribution >= 4 is 12.6 Å². The highest BCUT2D eigenvalue weighted by atomic mass is 32.1. The van der Waals surface area contributed by atoms with E-state index in [1.807, 2.05) is 19.9 Å². The number of aromatic nitrogens is 1. The largest absolute Gasteiger partial charge is 0.312 e. The monoisotopic (exact) mass is 183 g/mol. The minimum Gasteiger partial charge on any atom is -0.312 e. The predicted molar refractivity (Wildman–Crippen MR) is 53.8 cm³/mol. The fraction of sp³-hybridized carbons (Fsp3) is 0.444. The zero-order valence-electron chi connectivity index (χ0n) is 7.32. The van der Waals surface area contributed by atoms with E-state index in [2.05, 4.69) is 12.6 Å². The molecule has 1 aromatic rings. The molecule has 12 heavy (non-hydrogen) atoms. The lowest BCUT2D eigenvalue weighted by molar-refractivity contribution is 0.678. The highest BCUT2D eigenvalue weighted by molar-refractivity contribution is 7.80. The Morgan fingerprint density at radius 2 is 2.25 bits per heavy atom. The molecule has 0 saturated heterocycles. The highest BCUT2D eigenvalue weighted by Crippen LogP contribution is 2.16. The van der Waals surface area contributed by atoms with Gasteiger partial charge in [0.2, 0.25) is 0 Å². The Morgan fingerprint density at radius 1 is 1.58 bits per heavy atom. The lowest BCUT2D eigenvalue weighted by Crippen LogP contribution is -2.21. The molecule has 0 aliphatic carbocycles. The van der Waals surface area contributed by atoms with E-state index in [4.69, 9.17) is 0 Å². The number of pyridine rings is 1. The first-order valence-electron chi connectivity index (χ1n) is 4.04. The van der Waals surface area contributed by atoms with E-state index in [1.165, 1.54) is 0 Å². The van der Waals surface area contributed by atoms with Crippen LogP contribution in [-0.2, 0) is 6.54 Å². The zero-order valence-corrected chi connectivity index (χ0v) is 8.21. The van der Waals surface area contributed by atoms with Crippen LogP contribution in [0.4, 0.5) is 0 Å². The molecule has 0 radical (unpaired) electrons. The molecule has 2 nitrogen and oxygen atoms in total. The summed E-state index contributed by atoms with van der Waals surface area (Å²) in [5.74, 6) is 0. The second kappa shape index (κ2) is 3.81. The van der Waals surface area contributed by atoms with Gasteiger partial charge in [0.05, 0.1) is 0 Å². The Kier molecular flexibility index (Phi) is 2.98. The molecule has 0 spiro atoms. The van der Waals surface area contributed by atoms with E-state index < -0.39 is 0 Å². The van der Waals surface area contributed by atoms with Crippen molar-refractivity contribution in [1.82, 2.24) is 4.57 Å². The fourth-order valence-electron chi connectivity index (χ4n) is 1.24. The van der Waals surface area contributed by atoms with Crippen LogP contribution in [0.15, 0.2) is 23.0 Å². The van der Waals surface area contributed by atoms with Gasteiger partial charge in [0.1, 0.15) is 0 Å². The summed E-state index contributed by atoms with van der Waals surface area (Å²) in [6.07, 6.45) is 0. The average Bonchev–Trinajstić information content (AvgIpc) is 2.03. The first-order chi connectivity index (χ1) is 5.66. The van der Waals surface area contributed by atoms with Gasteiger partial charge in [-0.25, -0.2) is 0 Å². The number of nitrogens with zero attached hydrogens (tertiary/aromatic N) is 1. The smallest absolute Gasteiger partial charge is 0.250 e. The highest BCUT2D eigenvalue weighted by Gasteiger charge is 2.04. The first kappa shape index (κ1) is 9.39. The SMILES string of the molecule is CCn1c(C(C)S)cccc1=O. The van der Waals surface area contributed by atoms with Crippen molar-refractivity contribution in [3.05, 3.63) is 34.2 Å². The van der Waals surface area contributed by atoms with E-state index in [-0.39, 0.29) is 10.8 Å². The van der Waals surface area contributed by atoms with Gasteiger partial charge < -0.3 is 4.57 Å². The number of thiol groups is 1. The van der Waals surface area contributed by atoms with Crippen LogP contribution in [0.2, 0.25) is 0 Å². The predicted octanol–water partition coefficient (Wildman–Crippen LogP) is 1.86. The molecule has 0 amide bonds. The quantitative estimate of drug-likeness (QED) is 0.694. The molecule has 1 atom stereocenters. The molecule has 1 rings (SSSR count). The molecular formula is C9H13NOS. The summed E-state index contributed by atoms with van der Waals surface area (Å²) in [5, 5.41) is 0.110. The normalized spacial score (nSPS) is 12.9. The third-order valence-corrected chi connectivity index (χ3v) is 2.09. The Morgan fingerprint density at radius 3 is 2.67 bits per heavy atom. The van der Waals surface area contributed by atoms with Crippen molar-refractivity contribution < 1.29 is 0 Å². The molecule has 3 heteroatoms. The number of hydrogen-bond donors (Lipinski definition) is 1. The van der Waals surface area contributed by atoms with Crippen molar-refractivity contribution in [2.24, 2.45) is 0 Å². The Labute approximate surface area is 77.6 Å². The molecule has 0 bridgehead atoms. The van der Waals surface area contributed by atoms with Crippen molar-refractivity contribution in [3.8, 4) is 0 Å². The van der Waals surface area contributed by atoms with Gasteiger partial charge in [0, 0.05) is 23.6 Å². The maximum absolute atomic E-state index is 11.3. The third kappa shape index (κ3) is 1.72. The summed E-state index contributed by atoms with van der Waals surface area (Å²) in [5.41, 5.74) is 1.03. The molecule has 1 heterocycles. The van der Waals surface area contributed by atoms with E-state index in [0.717, 1.165) is 5.69 Å². The Hall–Kier alpha value is -0.700. The zero-order chi connectivity index (χ0) is 9.14. The summed E-state index contributed by atoms with van der Waals surface area (Å²) >= 11 is 4.30. The fourth-order valence-corrected chi connectivity index (χ4v) is 1.46. The first-order valence-corrected chi connectivity index (χ1v) is 4.56. The molecule has 0 aliphatic heterocycles. The summed E-state index contributed by atoms with van der Waals surface area (Å²) < 4.78 is 1.73. The number of hydrogen-bond acceptors (Lipinski definition) is 2. The van der Waals surface area contributed by atoms with Crippen LogP contribution in [0.5, 0.6) is 0 Å². The number of rotatable bonds is 2. The third-order valence-electron chi connectivity index (χ3n) is 1.83. The lowest BCUT2D eigenvalue weighted by Gasteiger charge is -2.12. The van der Waals surface area contributed by atoms with E-state index >= 15 is 0 Å². The minimum atomic E-state index is 0.0518. The van der Waals surface area contributed by atoms with Gasteiger partial charge in [-0.3, -0.25) is 4.79 Å². The maximum Gasteiger partial charge on any atom is 0.250 e. The Balaban J connectivity index is 3.28. The van der Waals surface area contributed by atoms with E-state index in [0.29, 0.717) is 6.54 Å². The minimum absolute atomic E-state index is 0.0518. The maximum atomic E-state index is 11.3. The summed E-state index contributed by atoms with van der Waals surface area (Å²) in [4.78, 5) is 11.3. The Bertz CT molecular complexity index is 317. The molecule has 66 valence electrons. The summed E-state index contributed by atoms with van der Waals surface area (Å²) in [6, 6.07) is 5.28. The van der Waals surface area contributed by atoms with Crippen LogP contribution in [0.1, 0.15) is 24.8 Å². The van der Waals surface area contributed by atoms with Crippen molar-refractivity contribution in [2.45, 2.75) is 25.6 Å². The van der Waals surface area contributed by atoms with Crippen LogP contribution in [0.3, 0.4) is 0 Å². The van der Waals surface area contributed by atoms with Crippen LogP contribution >= 0.6 is 12.6 Å². The summed E-state index contributed by atoms with van der Waals surface area (Å²) in [6.45, 7) is 4.63. The van der Waals surface area contributed by atoms with Gasteiger partial charge >= 0.3 is 0 Å². The van der Waals surface area contributed by atoms with Crippen LogP contribution in [0, 0.1) is 0 Å². The van der Waals surface area contributed by atoms with Gasteiger partial charge in [-0.2, -0.15) is 12.6 Å². The van der Waals surface area contributed by atoms with Gasteiger partial charge in [0.15, 0.2) is 0 Å². The molecule has 1 aromatic heterocycles. The van der Waals surface area contributed by atoms with Crippen LogP contribution in [-0.4, -0.2) is 4.57 Å². The molecule has 0 aromatic carbocycles. The van der Waals surface area contributed by atoms with Crippen molar-refractivity contribution in [1.29, 1.82) is 0 Å². The lowest BCUT2D eigenvalue weighted by atomic mass is 10.2. The topological polar surface area (TPSA) is 22.0 Å². The van der Waals surface area contributed by atoms with Gasteiger partial charge in [0.25, 0.3) is 5.56 Å². The van der Waals surface area contributed by atoms with Gasteiger partial charge in [-0.1, -0.05) is 6.07 Å². The van der Waals surface area contributed by atoms with Crippen molar-refractivity contribution in [3.63, 3.8) is 0 Å². The molecule has 1 unspecified atom stereocenters. The van der Waals surface area contributed by atoms with Crippen LogP contribution < -0.4 is 5.56 Å². The van der Waals surface area contributed by atoms with Crippen molar-refractivity contribution in [2.75, 3.05) is 0 Å². The molecular weight excluding hydrogens is 170 g/mol. The van der Waals surface area contributed by atoms with Gasteiger partial charge in [-0.05, 0) is 19.9 Å². The summed E-state index contributed by atoms with van der Waals surface area (Å²) in [7, 11) is 0. The van der Waals surface area contributed by atoms with E-state index in [1.54, 1.807) is 16.7 Å². The molecule has 0 aliphatic rings. The molecule has 0 fully saturated rings. The average molecular weight is 183 g/mol. The van der Waals surface area contributed by atoms with Crippen LogP contribution in [0.25, 0.3) is 0 Å². The molecule has 0 N–H and O–H groups in total. The standard InChI is InChI=1S/C9H13NOS/c1-3-10-8(7(2)12)5-4-6-9(10)11/h4-7,12H,3H2,1-2H3. The second-order valence-electron chi connectivity index (χ2n) is 2.71. The van der Waals surface area contributed by atoms with Gasteiger partial charge in [-0.15, -0.1) is 0 Å². The van der Waals surface area contributed by atoms with E-state index in [9.17, 15) is 4.79 Å².